The van der Waals surface area contributed by atoms with Gasteiger partial charge in [-0.15, -0.1) is 0 Å². The van der Waals surface area contributed by atoms with Crippen molar-refractivity contribution in [3.63, 3.8) is 0 Å². The lowest BCUT2D eigenvalue weighted by Crippen LogP contribution is -2.06. The molecular formula is C25H19FN2O5. The van der Waals surface area contributed by atoms with Crippen molar-refractivity contribution in [1.82, 2.24) is 4.98 Å². The summed E-state index contributed by atoms with van der Waals surface area (Å²) < 4.78 is 31.0. The maximum Gasteiger partial charge on any atom is 0.341 e. The quantitative estimate of drug-likeness (QED) is 0.299. The molecule has 0 saturated heterocycles. The molecule has 0 saturated carbocycles. The lowest BCUT2D eigenvalue weighted by molar-refractivity contribution is -0.105. The summed E-state index contributed by atoms with van der Waals surface area (Å²) >= 11 is 0. The Balaban J connectivity index is 1.70. The zero-order valence-corrected chi connectivity index (χ0v) is 17.6. The second kappa shape index (κ2) is 9.78. The standard InChI is InChI=1S/C25H19FN2O5/c1-31-25(30)19-12-18-21(13-24(19)32-14-16-5-3-2-4-6-16)27-10-9-22(18)33-23-8-7-17(28-15-29)11-20(23)26/h2-13,15H,14H2,1H3,(H,28,29). The number of methoxy groups -OCH3 is 1. The van der Waals surface area contributed by atoms with Crippen LogP contribution >= 0.6 is 0 Å². The van der Waals surface area contributed by atoms with Gasteiger partial charge in [0.15, 0.2) is 11.6 Å². The van der Waals surface area contributed by atoms with E-state index in [1.165, 1.54) is 25.4 Å². The predicted octanol–water partition coefficient (Wildman–Crippen LogP) is 5.10. The molecule has 4 aromatic rings. The molecule has 0 aliphatic rings. The van der Waals surface area contributed by atoms with Gasteiger partial charge in [-0.2, -0.15) is 0 Å². The molecule has 166 valence electrons. The lowest BCUT2D eigenvalue weighted by atomic mass is 10.1. The normalized spacial score (nSPS) is 10.5. The number of carbonyl (C=O) groups excluding carboxylic acids is 2. The SMILES string of the molecule is COC(=O)c1cc2c(Oc3ccc(NC=O)cc3F)ccnc2cc1OCc1ccccc1. The Labute approximate surface area is 188 Å². The van der Waals surface area contributed by atoms with Crippen molar-refractivity contribution in [3.05, 3.63) is 89.9 Å². The number of anilines is 1. The highest BCUT2D eigenvalue weighted by Gasteiger charge is 2.18. The first-order valence-corrected chi connectivity index (χ1v) is 9.94. The number of pyridine rings is 1. The number of ether oxygens (including phenoxy) is 3. The van der Waals surface area contributed by atoms with Crippen LogP contribution in [0.15, 0.2) is 72.9 Å². The molecule has 4 rings (SSSR count). The molecule has 1 aromatic heterocycles. The fourth-order valence-electron chi connectivity index (χ4n) is 3.22. The van der Waals surface area contributed by atoms with Gasteiger partial charge in [-0.25, -0.2) is 9.18 Å². The van der Waals surface area contributed by atoms with Crippen LogP contribution in [0.5, 0.6) is 17.2 Å². The van der Waals surface area contributed by atoms with Gasteiger partial charge in [0.25, 0.3) is 0 Å². The Bertz CT molecular complexity index is 1310. The predicted molar refractivity (Wildman–Crippen MR) is 120 cm³/mol. The molecule has 33 heavy (non-hydrogen) atoms. The Morgan fingerprint density at radius 2 is 1.85 bits per heavy atom. The van der Waals surface area contributed by atoms with Crippen LogP contribution in [0.2, 0.25) is 0 Å². The topological polar surface area (TPSA) is 86.8 Å². The monoisotopic (exact) mass is 446 g/mol. The molecule has 0 aliphatic heterocycles. The number of carbonyl (C=O) groups is 2. The van der Waals surface area contributed by atoms with E-state index in [0.717, 1.165) is 11.6 Å². The fourth-order valence-corrected chi connectivity index (χ4v) is 3.22. The molecule has 1 amide bonds. The van der Waals surface area contributed by atoms with Gasteiger partial charge in [-0.3, -0.25) is 9.78 Å². The lowest BCUT2D eigenvalue weighted by Gasteiger charge is -2.14. The van der Waals surface area contributed by atoms with Crippen molar-refractivity contribution in [2.24, 2.45) is 0 Å². The van der Waals surface area contributed by atoms with Crippen LogP contribution in [0.3, 0.4) is 0 Å². The molecule has 0 spiro atoms. The third-order valence-electron chi connectivity index (χ3n) is 4.82. The summed E-state index contributed by atoms with van der Waals surface area (Å²) in [5.74, 6) is -0.718. The van der Waals surface area contributed by atoms with E-state index >= 15 is 0 Å². The summed E-state index contributed by atoms with van der Waals surface area (Å²) in [6.07, 6.45) is 1.97. The van der Waals surface area contributed by atoms with Crippen LogP contribution < -0.4 is 14.8 Å². The average Bonchev–Trinajstić information content (AvgIpc) is 2.84. The Kier molecular flexibility index (Phi) is 6.45. The van der Waals surface area contributed by atoms with Gasteiger partial charge in [-0.1, -0.05) is 30.3 Å². The minimum absolute atomic E-state index is 0.0528. The maximum atomic E-state index is 14.5. The largest absolute Gasteiger partial charge is 0.488 e. The number of fused-ring (bicyclic) bond motifs is 1. The number of hydrogen-bond donors (Lipinski definition) is 1. The summed E-state index contributed by atoms with van der Waals surface area (Å²) in [5.41, 5.74) is 1.90. The first-order valence-electron chi connectivity index (χ1n) is 9.94. The summed E-state index contributed by atoms with van der Waals surface area (Å²) in [7, 11) is 1.28. The van der Waals surface area contributed by atoms with E-state index in [4.69, 9.17) is 14.2 Å². The highest BCUT2D eigenvalue weighted by molar-refractivity contribution is 5.99. The second-order valence-corrected chi connectivity index (χ2v) is 6.95. The van der Waals surface area contributed by atoms with Crippen molar-refractivity contribution in [2.75, 3.05) is 12.4 Å². The summed E-state index contributed by atoms with van der Waals surface area (Å²) in [6.45, 7) is 0.249. The van der Waals surface area contributed by atoms with Crippen molar-refractivity contribution >= 4 is 29.0 Å². The highest BCUT2D eigenvalue weighted by atomic mass is 19.1. The molecule has 1 N–H and O–H groups in total. The fraction of sp³-hybridized carbons (Fsp3) is 0.0800. The minimum atomic E-state index is -0.664. The van der Waals surface area contributed by atoms with Gasteiger partial charge in [0, 0.05) is 29.4 Å². The van der Waals surface area contributed by atoms with E-state index in [0.29, 0.717) is 28.7 Å². The third kappa shape index (κ3) is 4.90. The van der Waals surface area contributed by atoms with Crippen molar-refractivity contribution in [3.8, 4) is 17.2 Å². The molecule has 0 fully saturated rings. The number of hydrogen-bond acceptors (Lipinski definition) is 6. The van der Waals surface area contributed by atoms with E-state index in [9.17, 15) is 14.0 Å². The van der Waals surface area contributed by atoms with Crippen LogP contribution in [0.4, 0.5) is 10.1 Å². The number of benzene rings is 3. The zero-order valence-electron chi connectivity index (χ0n) is 17.6. The number of rotatable bonds is 8. The van der Waals surface area contributed by atoms with Gasteiger partial charge < -0.3 is 19.5 Å². The summed E-state index contributed by atoms with van der Waals surface area (Å²) in [6, 6.07) is 18.3. The van der Waals surface area contributed by atoms with Crippen LogP contribution in [0.1, 0.15) is 15.9 Å². The van der Waals surface area contributed by atoms with Gasteiger partial charge >= 0.3 is 5.97 Å². The number of aromatic nitrogens is 1. The molecule has 0 aliphatic carbocycles. The van der Waals surface area contributed by atoms with Crippen molar-refractivity contribution < 1.29 is 28.2 Å². The average molecular weight is 446 g/mol. The molecule has 3 aromatic carbocycles. The zero-order chi connectivity index (χ0) is 23.2. The second-order valence-electron chi connectivity index (χ2n) is 6.95. The van der Waals surface area contributed by atoms with Crippen molar-refractivity contribution in [2.45, 2.75) is 6.61 Å². The van der Waals surface area contributed by atoms with Gasteiger partial charge in [-0.05, 0) is 29.8 Å². The van der Waals surface area contributed by atoms with E-state index in [1.54, 1.807) is 18.2 Å². The first kappa shape index (κ1) is 21.8. The van der Waals surface area contributed by atoms with Gasteiger partial charge in [0.1, 0.15) is 23.7 Å². The van der Waals surface area contributed by atoms with Crippen LogP contribution in [0, 0.1) is 5.82 Å². The Morgan fingerprint density at radius 1 is 1.03 bits per heavy atom. The molecular weight excluding hydrogens is 427 g/mol. The number of nitrogens with zero attached hydrogens (tertiary/aromatic N) is 1. The number of halogens is 1. The van der Waals surface area contributed by atoms with Crippen LogP contribution in [-0.4, -0.2) is 24.5 Å². The van der Waals surface area contributed by atoms with Crippen LogP contribution in [0.25, 0.3) is 10.9 Å². The Morgan fingerprint density at radius 3 is 2.58 bits per heavy atom. The molecule has 0 radical (unpaired) electrons. The third-order valence-corrected chi connectivity index (χ3v) is 4.82. The van der Waals surface area contributed by atoms with Crippen LogP contribution in [-0.2, 0) is 16.1 Å². The smallest absolute Gasteiger partial charge is 0.341 e. The molecule has 7 nitrogen and oxygen atoms in total. The van der Waals surface area contributed by atoms with Gasteiger partial charge in [0.2, 0.25) is 6.41 Å². The minimum Gasteiger partial charge on any atom is -0.488 e. The highest BCUT2D eigenvalue weighted by Crippen LogP contribution is 2.35. The molecule has 0 atom stereocenters. The maximum absolute atomic E-state index is 14.5. The first-order chi connectivity index (χ1) is 16.1. The van der Waals surface area contributed by atoms with E-state index in [-0.39, 0.29) is 23.7 Å². The van der Waals surface area contributed by atoms with E-state index in [1.807, 2.05) is 30.3 Å². The number of esters is 1. The van der Waals surface area contributed by atoms with E-state index in [2.05, 4.69) is 10.3 Å². The molecule has 1 heterocycles. The molecule has 0 bridgehead atoms. The summed E-state index contributed by atoms with van der Waals surface area (Å²) in [5, 5.41) is 2.85. The van der Waals surface area contributed by atoms with Crippen molar-refractivity contribution in [1.29, 1.82) is 0 Å². The molecule has 0 unspecified atom stereocenters. The Hall–Kier alpha value is -4.46. The summed E-state index contributed by atoms with van der Waals surface area (Å²) in [4.78, 5) is 27.3. The number of nitrogens with one attached hydrogen (secondary N) is 1. The number of amides is 1. The molecule has 8 heteroatoms. The van der Waals surface area contributed by atoms with Gasteiger partial charge in [0.05, 0.1) is 12.6 Å². The van der Waals surface area contributed by atoms with E-state index < -0.39 is 11.8 Å².